The van der Waals surface area contributed by atoms with Gasteiger partial charge in [0.25, 0.3) is 0 Å². The van der Waals surface area contributed by atoms with Gasteiger partial charge in [-0.05, 0) is 72.3 Å². The van der Waals surface area contributed by atoms with Crippen molar-refractivity contribution in [3.63, 3.8) is 0 Å². The number of alkyl carbamates (subject to hydrolysis) is 1. The van der Waals surface area contributed by atoms with Gasteiger partial charge in [-0.25, -0.2) is 9.59 Å². The highest BCUT2D eigenvalue weighted by Crippen LogP contribution is 2.13. The number of carbonyl (C=O) groups is 7. The number of amides is 5. The smallest absolute Gasteiger partial charge is 0.408 e. The van der Waals surface area contributed by atoms with E-state index in [0.29, 0.717) is 5.70 Å². The first-order valence-corrected chi connectivity index (χ1v) is 17.1. The Morgan fingerprint density at radius 1 is 0.712 bits per heavy atom. The average molecular weight is 733 g/mol. The minimum absolute atomic E-state index is 0.0356. The van der Waals surface area contributed by atoms with Crippen molar-refractivity contribution in [3.05, 3.63) is 48.2 Å². The summed E-state index contributed by atoms with van der Waals surface area (Å²) in [6.07, 6.45) is -0.358. The van der Waals surface area contributed by atoms with E-state index in [2.05, 4.69) is 38.5 Å². The van der Waals surface area contributed by atoms with Gasteiger partial charge in [0, 0.05) is 12.1 Å². The molecule has 0 saturated carbocycles. The minimum Gasteiger partial charge on any atom is -0.480 e. The lowest BCUT2D eigenvalue weighted by molar-refractivity contribution is -0.158. The van der Waals surface area contributed by atoms with Gasteiger partial charge in [0.2, 0.25) is 23.6 Å². The largest absolute Gasteiger partial charge is 0.480 e. The predicted octanol–water partition coefficient (Wildman–Crippen LogP) is 1.68. The molecule has 0 radical (unpaired) electrons. The van der Waals surface area contributed by atoms with E-state index in [9.17, 15) is 33.6 Å². The Morgan fingerprint density at radius 2 is 1.27 bits per heavy atom. The van der Waals surface area contributed by atoms with E-state index in [1.165, 1.54) is 0 Å². The van der Waals surface area contributed by atoms with Gasteiger partial charge in [-0.1, -0.05) is 50.8 Å². The van der Waals surface area contributed by atoms with Crippen LogP contribution in [0.15, 0.2) is 42.6 Å². The number of hydrogen-bond donors (Lipinski definition) is 7. The number of hydrogen-bond acceptors (Lipinski definition) is 10. The lowest BCUT2D eigenvalue weighted by atomic mass is 10.0. The highest BCUT2D eigenvalue weighted by Gasteiger charge is 2.30. The molecule has 0 aromatic heterocycles. The SMILES string of the molecule is C=C(CCC(NC(=O)CNC(=O)C(CC(C)C)NC(=O)C(Cc1ccccc1)NC(=O)CNC(=O)OC(C)(C)C)C(=O)OC(C)(C)C)NCC(=O)O. The van der Waals surface area contributed by atoms with E-state index < -0.39 is 84.1 Å². The third kappa shape index (κ3) is 20.5. The van der Waals surface area contributed by atoms with E-state index in [1.54, 1.807) is 71.9 Å². The van der Waals surface area contributed by atoms with Crippen molar-refractivity contribution in [1.82, 2.24) is 31.9 Å². The van der Waals surface area contributed by atoms with Crippen LogP contribution in [0.5, 0.6) is 0 Å². The molecular formula is C36H56N6O10. The molecule has 52 heavy (non-hydrogen) atoms. The fourth-order valence-electron chi connectivity index (χ4n) is 4.51. The molecule has 0 saturated heterocycles. The van der Waals surface area contributed by atoms with Crippen LogP contribution in [-0.2, 0) is 44.7 Å². The molecule has 3 atom stereocenters. The van der Waals surface area contributed by atoms with Crippen LogP contribution in [0, 0.1) is 5.92 Å². The van der Waals surface area contributed by atoms with Gasteiger partial charge in [-0.15, -0.1) is 0 Å². The van der Waals surface area contributed by atoms with Gasteiger partial charge < -0.3 is 46.5 Å². The zero-order valence-electron chi connectivity index (χ0n) is 31.5. The van der Waals surface area contributed by atoms with Crippen molar-refractivity contribution in [2.75, 3.05) is 19.6 Å². The van der Waals surface area contributed by atoms with E-state index in [4.69, 9.17) is 14.6 Å². The number of carboxylic acids is 1. The predicted molar refractivity (Wildman–Crippen MR) is 192 cm³/mol. The van der Waals surface area contributed by atoms with E-state index in [0.717, 1.165) is 5.56 Å². The van der Waals surface area contributed by atoms with Crippen LogP contribution in [0.1, 0.15) is 80.2 Å². The molecule has 0 bridgehead atoms. The highest BCUT2D eigenvalue weighted by atomic mass is 16.6. The number of benzene rings is 1. The van der Waals surface area contributed by atoms with Crippen LogP contribution in [0.2, 0.25) is 0 Å². The van der Waals surface area contributed by atoms with Crippen molar-refractivity contribution < 1.29 is 48.1 Å². The van der Waals surface area contributed by atoms with Crippen molar-refractivity contribution in [2.24, 2.45) is 5.92 Å². The summed E-state index contributed by atoms with van der Waals surface area (Å²) >= 11 is 0. The van der Waals surface area contributed by atoms with Gasteiger partial charge in [0.1, 0.15) is 42.4 Å². The molecule has 0 aliphatic heterocycles. The summed E-state index contributed by atoms with van der Waals surface area (Å²) in [6, 6.07) is 5.53. The lowest BCUT2D eigenvalue weighted by Crippen LogP contribution is -2.56. The third-order valence-electron chi connectivity index (χ3n) is 6.74. The number of ether oxygens (including phenoxy) is 2. The fourth-order valence-corrected chi connectivity index (χ4v) is 4.51. The summed E-state index contributed by atoms with van der Waals surface area (Å²) in [4.78, 5) is 88.5. The molecule has 5 amide bonds. The first-order valence-electron chi connectivity index (χ1n) is 17.1. The number of carboxylic acid groups (broad SMARTS) is 1. The van der Waals surface area contributed by atoms with Crippen molar-refractivity contribution in [3.8, 4) is 0 Å². The number of nitrogens with one attached hydrogen (secondary N) is 6. The standard InChI is InChI=1S/C36H56N6O10/c1-22(2)17-26(31(47)38-19-28(43)40-25(33(49)51-35(4,5)6)16-15-23(3)37-21-30(45)46)42-32(48)27(18-24-13-11-10-12-14-24)41-29(44)20-39-34(50)52-36(7,8)9/h10-14,22,25-27,37H,3,15-21H2,1-2,4-9H3,(H,38,47)(H,39,50)(H,40,43)(H,41,44)(H,42,48)(H,45,46). The first-order chi connectivity index (χ1) is 24.0. The Labute approximate surface area is 305 Å². The second-order valence-corrected chi connectivity index (χ2v) is 14.6. The molecule has 0 heterocycles. The van der Waals surface area contributed by atoms with Gasteiger partial charge in [0.05, 0.1) is 6.54 Å². The van der Waals surface area contributed by atoms with Gasteiger partial charge in [-0.3, -0.25) is 24.0 Å². The topological polar surface area (TPSA) is 230 Å². The molecule has 0 aliphatic rings. The Morgan fingerprint density at radius 3 is 1.81 bits per heavy atom. The molecule has 0 spiro atoms. The highest BCUT2D eigenvalue weighted by molar-refractivity contribution is 5.94. The molecule has 16 nitrogen and oxygen atoms in total. The molecule has 3 unspecified atom stereocenters. The third-order valence-corrected chi connectivity index (χ3v) is 6.74. The average Bonchev–Trinajstić information content (AvgIpc) is 3.01. The fraction of sp³-hybridized carbons (Fsp3) is 0.583. The molecule has 1 aromatic rings. The molecule has 0 aliphatic carbocycles. The summed E-state index contributed by atoms with van der Waals surface area (Å²) in [6.45, 7) is 16.1. The molecule has 1 rings (SSSR count). The zero-order valence-corrected chi connectivity index (χ0v) is 31.5. The molecular weight excluding hydrogens is 676 g/mol. The molecule has 7 N–H and O–H groups in total. The van der Waals surface area contributed by atoms with Crippen molar-refractivity contribution in [1.29, 1.82) is 0 Å². The Balaban J connectivity index is 3.01. The second-order valence-electron chi connectivity index (χ2n) is 14.6. The van der Waals surface area contributed by atoms with Gasteiger partial charge >= 0.3 is 18.0 Å². The Bertz CT molecular complexity index is 1400. The van der Waals surface area contributed by atoms with Gasteiger partial charge in [-0.2, -0.15) is 0 Å². The van der Waals surface area contributed by atoms with Crippen molar-refractivity contribution in [2.45, 2.75) is 110 Å². The molecule has 0 fully saturated rings. The number of rotatable bonds is 20. The van der Waals surface area contributed by atoms with Crippen LogP contribution < -0.4 is 31.9 Å². The summed E-state index contributed by atoms with van der Waals surface area (Å²) < 4.78 is 10.6. The van der Waals surface area contributed by atoms with Crippen LogP contribution in [-0.4, -0.2) is 95.7 Å². The summed E-state index contributed by atoms with van der Waals surface area (Å²) in [5.41, 5.74) is -0.570. The quantitative estimate of drug-likeness (QED) is 0.0954. The van der Waals surface area contributed by atoms with Crippen LogP contribution in [0.4, 0.5) is 4.79 Å². The van der Waals surface area contributed by atoms with E-state index in [-0.39, 0.29) is 38.1 Å². The monoisotopic (exact) mass is 732 g/mol. The molecule has 1 aromatic carbocycles. The normalized spacial score (nSPS) is 13.0. The maximum atomic E-state index is 13.6. The van der Waals surface area contributed by atoms with E-state index in [1.807, 2.05) is 13.8 Å². The maximum absolute atomic E-state index is 13.6. The van der Waals surface area contributed by atoms with Crippen LogP contribution in [0.3, 0.4) is 0 Å². The maximum Gasteiger partial charge on any atom is 0.408 e. The van der Waals surface area contributed by atoms with Crippen molar-refractivity contribution >= 4 is 41.7 Å². The summed E-state index contributed by atoms with van der Waals surface area (Å²) in [5.74, 6) is -4.60. The lowest BCUT2D eigenvalue weighted by Gasteiger charge is -2.26. The zero-order chi connectivity index (χ0) is 39.6. The van der Waals surface area contributed by atoms with E-state index >= 15 is 0 Å². The Hall–Kier alpha value is -5.15. The number of aliphatic carboxylic acids is 1. The number of carbonyl (C=O) groups excluding carboxylic acids is 6. The summed E-state index contributed by atoms with van der Waals surface area (Å²) in [7, 11) is 0. The minimum atomic E-state index is -1.13. The first kappa shape index (κ1) is 44.9. The van der Waals surface area contributed by atoms with Gasteiger partial charge in [0.15, 0.2) is 0 Å². The number of esters is 1. The van der Waals surface area contributed by atoms with Crippen LogP contribution in [0.25, 0.3) is 0 Å². The molecule has 290 valence electrons. The second kappa shape index (κ2) is 21.3. The van der Waals surface area contributed by atoms with Crippen LogP contribution >= 0.6 is 0 Å². The molecule has 16 heteroatoms. The number of allylic oxidation sites excluding steroid dienone is 1. The summed E-state index contributed by atoms with van der Waals surface area (Å²) in [5, 5.41) is 24.2. The Kier molecular flexibility index (Phi) is 18.4.